The van der Waals surface area contributed by atoms with Crippen molar-refractivity contribution in [3.8, 4) is 6.07 Å². The van der Waals surface area contributed by atoms with Crippen LogP contribution in [-0.2, 0) is 11.5 Å². The molecule has 1 fully saturated rings. The summed E-state index contributed by atoms with van der Waals surface area (Å²) < 4.78 is 6.88. The van der Waals surface area contributed by atoms with E-state index >= 15 is 0 Å². The third-order valence-electron chi connectivity index (χ3n) is 3.79. The molecule has 0 unspecified atom stereocenters. The molecule has 23 heavy (non-hydrogen) atoms. The van der Waals surface area contributed by atoms with Gasteiger partial charge in [-0.05, 0) is 12.8 Å². The second-order valence-corrected chi connectivity index (χ2v) is 5.37. The Hall–Kier alpha value is -2.50. The molecule has 1 aliphatic rings. The predicted octanol–water partition coefficient (Wildman–Crippen LogP) is 1.29. The molecule has 0 saturated carbocycles. The molecule has 2 aromatic heterocycles. The maximum absolute atomic E-state index is 9.48. The number of aromatic nitrogens is 4. The van der Waals surface area contributed by atoms with E-state index in [-0.39, 0.29) is 0 Å². The Balaban J connectivity index is 1.88. The molecule has 3 heterocycles. The van der Waals surface area contributed by atoms with E-state index in [1.54, 1.807) is 24.2 Å². The van der Waals surface area contributed by atoms with Crippen molar-refractivity contribution in [2.24, 2.45) is 0 Å². The van der Waals surface area contributed by atoms with Crippen LogP contribution in [0.2, 0.25) is 0 Å². The zero-order chi connectivity index (χ0) is 16.1. The van der Waals surface area contributed by atoms with E-state index in [1.165, 1.54) is 25.6 Å². The summed E-state index contributed by atoms with van der Waals surface area (Å²) in [6, 6.07) is 2.19. The summed E-state index contributed by atoms with van der Waals surface area (Å²) in [6.07, 6.45) is 8.37. The van der Waals surface area contributed by atoms with Crippen LogP contribution >= 0.6 is 0 Å². The lowest BCUT2D eigenvalue weighted by molar-refractivity contribution is 0.134. The first-order chi connectivity index (χ1) is 11.3. The number of imidazole rings is 1. The van der Waals surface area contributed by atoms with Crippen LogP contribution < -0.4 is 5.43 Å². The zero-order valence-corrected chi connectivity index (χ0v) is 13.1. The van der Waals surface area contributed by atoms with Gasteiger partial charge in [-0.2, -0.15) is 5.26 Å². The first kappa shape index (κ1) is 15.4. The summed E-state index contributed by atoms with van der Waals surface area (Å²) >= 11 is 0. The molecule has 1 aliphatic heterocycles. The summed E-state index contributed by atoms with van der Waals surface area (Å²) in [6.45, 7) is 2.32. The van der Waals surface area contributed by atoms with Gasteiger partial charge in [0.15, 0.2) is 5.65 Å². The molecule has 8 heteroatoms. The maximum atomic E-state index is 9.48. The Morgan fingerprint density at radius 1 is 1.35 bits per heavy atom. The highest BCUT2D eigenvalue weighted by Crippen LogP contribution is 2.19. The van der Waals surface area contributed by atoms with Crippen molar-refractivity contribution in [2.75, 3.05) is 20.2 Å². The van der Waals surface area contributed by atoms with Crippen LogP contribution in [0, 0.1) is 11.3 Å². The minimum Gasteiger partial charge on any atom is -0.364 e. The van der Waals surface area contributed by atoms with E-state index in [0.717, 1.165) is 13.1 Å². The number of allylic oxidation sites excluding steroid dienone is 1. The quantitative estimate of drug-likeness (QED) is 0.831. The number of ether oxygens (including phenoxy) is 1. The molecule has 0 spiro atoms. The molecule has 8 nitrogen and oxygen atoms in total. The first-order valence-corrected chi connectivity index (χ1v) is 7.60. The largest absolute Gasteiger partial charge is 0.364 e. The lowest BCUT2D eigenvalue weighted by atomic mass is 10.2. The van der Waals surface area contributed by atoms with E-state index in [0.29, 0.717) is 29.2 Å². The van der Waals surface area contributed by atoms with E-state index in [9.17, 15) is 5.26 Å². The van der Waals surface area contributed by atoms with Gasteiger partial charge in [0.25, 0.3) is 0 Å². The molecular weight excluding hydrogens is 294 g/mol. The summed E-state index contributed by atoms with van der Waals surface area (Å²) in [4.78, 5) is 12.8. The topological polar surface area (TPSA) is 91.9 Å². The fraction of sp³-hybridized carbons (Fsp3) is 0.467. The molecule has 0 aromatic carbocycles. The van der Waals surface area contributed by atoms with Gasteiger partial charge in [0.1, 0.15) is 30.3 Å². The molecule has 0 radical (unpaired) electrons. The van der Waals surface area contributed by atoms with Gasteiger partial charge >= 0.3 is 0 Å². The first-order valence-electron chi connectivity index (χ1n) is 7.60. The molecule has 0 amide bonds. The van der Waals surface area contributed by atoms with Gasteiger partial charge in [-0.1, -0.05) is 6.42 Å². The smallest absolute Gasteiger partial charge is 0.165 e. The zero-order valence-electron chi connectivity index (χ0n) is 13.1. The third kappa shape index (κ3) is 3.31. The molecule has 1 saturated heterocycles. The van der Waals surface area contributed by atoms with Crippen molar-refractivity contribution in [3.05, 3.63) is 24.5 Å². The van der Waals surface area contributed by atoms with Crippen molar-refractivity contribution < 1.29 is 4.74 Å². The minimum absolute atomic E-state index is 0.352. The van der Waals surface area contributed by atoms with Crippen LogP contribution in [0.1, 0.15) is 25.0 Å². The van der Waals surface area contributed by atoms with Gasteiger partial charge < -0.3 is 10.2 Å². The molecule has 2 aromatic rings. The Labute approximate surface area is 134 Å². The fourth-order valence-electron chi connectivity index (χ4n) is 2.64. The molecule has 0 atom stereocenters. The Kier molecular flexibility index (Phi) is 4.80. The van der Waals surface area contributed by atoms with E-state index < -0.39 is 0 Å². The number of nitrogens with zero attached hydrogens (tertiary/aromatic N) is 6. The van der Waals surface area contributed by atoms with E-state index in [1.807, 2.05) is 0 Å². The summed E-state index contributed by atoms with van der Waals surface area (Å²) in [5.74, 6) is 0. The third-order valence-corrected chi connectivity index (χ3v) is 3.79. The Bertz CT molecular complexity index is 740. The lowest BCUT2D eigenvalue weighted by Gasteiger charge is -2.26. The number of nitrogens with one attached hydrogen (secondary N) is 1. The number of hydrogen-bond acceptors (Lipinski definition) is 7. The second-order valence-electron chi connectivity index (χ2n) is 5.37. The average Bonchev–Trinajstić information content (AvgIpc) is 3.01. The van der Waals surface area contributed by atoms with Crippen molar-refractivity contribution in [1.82, 2.24) is 30.0 Å². The van der Waals surface area contributed by atoms with E-state index in [2.05, 4.69) is 31.5 Å². The Morgan fingerprint density at radius 2 is 2.17 bits per heavy atom. The standard InChI is InChI=1S/C15H19N7O/c1-23-11-21-10-19-14-13(17-9-18-15(14)21)12(7-16)8-20-22-5-3-2-4-6-22/h8-10,20H,2-6,11H2,1H3/b12-8+. The number of nitriles is 1. The van der Waals surface area contributed by atoms with Crippen LogP contribution in [0.15, 0.2) is 18.9 Å². The van der Waals surface area contributed by atoms with Crippen molar-refractivity contribution in [2.45, 2.75) is 26.0 Å². The normalized spacial score (nSPS) is 16.4. The number of rotatable bonds is 5. The van der Waals surface area contributed by atoms with Crippen LogP contribution in [0.3, 0.4) is 0 Å². The fourth-order valence-corrected chi connectivity index (χ4v) is 2.64. The number of hydrazine groups is 1. The number of methoxy groups -OCH3 is 1. The van der Waals surface area contributed by atoms with E-state index in [4.69, 9.17) is 4.74 Å². The van der Waals surface area contributed by atoms with Gasteiger partial charge in [0.05, 0.1) is 11.9 Å². The minimum atomic E-state index is 0.352. The van der Waals surface area contributed by atoms with Crippen LogP contribution in [0.5, 0.6) is 0 Å². The van der Waals surface area contributed by atoms with Gasteiger partial charge in [0.2, 0.25) is 0 Å². The lowest BCUT2D eigenvalue weighted by Crippen LogP contribution is -2.38. The molecular formula is C15H19N7O. The summed E-state index contributed by atoms with van der Waals surface area (Å²) in [5.41, 5.74) is 5.40. The molecule has 120 valence electrons. The van der Waals surface area contributed by atoms with Gasteiger partial charge in [-0.25, -0.2) is 20.0 Å². The predicted molar refractivity (Wildman–Crippen MR) is 84.5 cm³/mol. The monoisotopic (exact) mass is 313 g/mol. The average molecular weight is 313 g/mol. The highest BCUT2D eigenvalue weighted by atomic mass is 16.5. The second kappa shape index (κ2) is 7.17. The van der Waals surface area contributed by atoms with Crippen molar-refractivity contribution in [1.29, 1.82) is 5.26 Å². The molecule has 3 rings (SSSR count). The maximum Gasteiger partial charge on any atom is 0.165 e. The SMILES string of the molecule is COCn1cnc2c(/C(C#N)=C/NN3CCCCC3)ncnc21. The van der Waals surface area contributed by atoms with Crippen molar-refractivity contribution >= 4 is 16.7 Å². The number of piperidine rings is 1. The summed E-state index contributed by atoms with van der Waals surface area (Å²) in [5, 5.41) is 11.6. The van der Waals surface area contributed by atoms with Crippen LogP contribution in [0.25, 0.3) is 16.7 Å². The summed E-state index contributed by atoms with van der Waals surface area (Å²) in [7, 11) is 1.61. The van der Waals surface area contributed by atoms with Gasteiger partial charge in [-0.3, -0.25) is 4.57 Å². The van der Waals surface area contributed by atoms with Crippen molar-refractivity contribution in [3.63, 3.8) is 0 Å². The van der Waals surface area contributed by atoms with Crippen LogP contribution in [-0.4, -0.2) is 44.7 Å². The molecule has 1 N–H and O–H groups in total. The van der Waals surface area contributed by atoms with Gasteiger partial charge in [0, 0.05) is 26.4 Å². The van der Waals surface area contributed by atoms with Crippen LogP contribution in [0.4, 0.5) is 0 Å². The molecule has 0 aliphatic carbocycles. The highest BCUT2D eigenvalue weighted by Gasteiger charge is 2.14. The molecule has 0 bridgehead atoms. The number of fused-ring (bicyclic) bond motifs is 1. The highest BCUT2D eigenvalue weighted by molar-refractivity contribution is 5.89. The Morgan fingerprint density at radius 3 is 2.91 bits per heavy atom. The number of hydrogen-bond donors (Lipinski definition) is 1. The van der Waals surface area contributed by atoms with Gasteiger partial charge in [-0.15, -0.1) is 0 Å².